The maximum atomic E-state index is 3.67. The second-order valence-corrected chi connectivity index (χ2v) is 5.38. The molecule has 2 rings (SSSR count). The van der Waals surface area contributed by atoms with E-state index in [1.54, 1.807) is 0 Å². The molecule has 19 heavy (non-hydrogen) atoms. The van der Waals surface area contributed by atoms with Crippen LogP contribution in [0.15, 0.2) is 48.5 Å². The first kappa shape index (κ1) is 13.8. The largest absolute Gasteiger partial charge is 0.304 e. The molecule has 1 N–H and O–H groups in total. The minimum atomic E-state index is 0.357. The molecule has 0 fully saturated rings. The maximum Gasteiger partial charge on any atom is 0.0300 e. The zero-order chi connectivity index (χ0) is 13.8. The second kappa shape index (κ2) is 6.03. The van der Waals surface area contributed by atoms with Crippen molar-refractivity contribution in [2.24, 2.45) is 0 Å². The summed E-state index contributed by atoms with van der Waals surface area (Å²) in [6.45, 7) is 8.74. The molecule has 0 aromatic heterocycles. The first-order chi connectivity index (χ1) is 9.08. The Morgan fingerprint density at radius 2 is 1.42 bits per heavy atom. The Hall–Kier alpha value is -1.60. The monoisotopic (exact) mass is 253 g/mol. The summed E-state index contributed by atoms with van der Waals surface area (Å²) in [6.07, 6.45) is 0. The normalized spacial score (nSPS) is 14.1. The van der Waals surface area contributed by atoms with Gasteiger partial charge in [0, 0.05) is 12.1 Å². The third-order valence-corrected chi connectivity index (χ3v) is 3.73. The van der Waals surface area contributed by atoms with Gasteiger partial charge in [-0.05, 0) is 44.4 Å². The fraction of sp³-hybridized carbons (Fsp3) is 0.333. The van der Waals surface area contributed by atoms with Gasteiger partial charge in [-0.3, -0.25) is 0 Å². The Bertz CT molecular complexity index is 528. The number of hydrogen-bond acceptors (Lipinski definition) is 1. The molecule has 0 heterocycles. The number of benzene rings is 2. The molecule has 2 aromatic rings. The van der Waals surface area contributed by atoms with Crippen LogP contribution in [0.25, 0.3) is 0 Å². The number of nitrogens with one attached hydrogen (secondary N) is 1. The summed E-state index contributed by atoms with van der Waals surface area (Å²) in [6, 6.07) is 18.0. The first-order valence-electron chi connectivity index (χ1n) is 6.96. The Morgan fingerprint density at radius 3 is 2.05 bits per heavy atom. The summed E-state index contributed by atoms with van der Waals surface area (Å²) in [4.78, 5) is 0. The van der Waals surface area contributed by atoms with Gasteiger partial charge in [-0.15, -0.1) is 0 Å². The van der Waals surface area contributed by atoms with E-state index in [-0.39, 0.29) is 0 Å². The van der Waals surface area contributed by atoms with Crippen molar-refractivity contribution in [1.29, 1.82) is 0 Å². The van der Waals surface area contributed by atoms with Gasteiger partial charge >= 0.3 is 0 Å². The van der Waals surface area contributed by atoms with Gasteiger partial charge in [0.25, 0.3) is 0 Å². The van der Waals surface area contributed by atoms with Crippen molar-refractivity contribution in [3.05, 3.63) is 70.8 Å². The molecular formula is C18H23N. The van der Waals surface area contributed by atoms with Gasteiger partial charge < -0.3 is 5.32 Å². The summed E-state index contributed by atoms with van der Waals surface area (Å²) in [5.74, 6) is 0. The van der Waals surface area contributed by atoms with Crippen LogP contribution in [-0.2, 0) is 0 Å². The highest BCUT2D eigenvalue weighted by atomic mass is 14.9. The summed E-state index contributed by atoms with van der Waals surface area (Å²) in [7, 11) is 0. The lowest BCUT2D eigenvalue weighted by atomic mass is 10.0. The van der Waals surface area contributed by atoms with Crippen LogP contribution in [0.1, 0.15) is 48.2 Å². The van der Waals surface area contributed by atoms with Crippen LogP contribution in [-0.4, -0.2) is 0 Å². The molecule has 0 saturated heterocycles. The molecule has 1 nitrogen and oxygen atoms in total. The van der Waals surface area contributed by atoms with E-state index in [1.807, 2.05) is 0 Å². The molecule has 0 amide bonds. The van der Waals surface area contributed by atoms with Gasteiger partial charge in [0.1, 0.15) is 0 Å². The topological polar surface area (TPSA) is 12.0 Å². The van der Waals surface area contributed by atoms with Crippen molar-refractivity contribution < 1.29 is 0 Å². The van der Waals surface area contributed by atoms with E-state index >= 15 is 0 Å². The highest BCUT2D eigenvalue weighted by Gasteiger charge is 2.12. The highest BCUT2D eigenvalue weighted by molar-refractivity contribution is 5.29. The van der Waals surface area contributed by atoms with Crippen molar-refractivity contribution in [2.75, 3.05) is 0 Å². The van der Waals surface area contributed by atoms with E-state index in [0.717, 1.165) is 0 Å². The van der Waals surface area contributed by atoms with Crippen molar-refractivity contribution in [3.63, 3.8) is 0 Å². The molecule has 0 saturated carbocycles. The molecule has 0 aliphatic heterocycles. The summed E-state index contributed by atoms with van der Waals surface area (Å²) >= 11 is 0. The Morgan fingerprint density at radius 1 is 0.789 bits per heavy atom. The van der Waals surface area contributed by atoms with Crippen molar-refractivity contribution in [2.45, 2.75) is 39.8 Å². The fourth-order valence-electron chi connectivity index (χ4n) is 2.49. The van der Waals surface area contributed by atoms with Gasteiger partial charge in [0.05, 0.1) is 0 Å². The van der Waals surface area contributed by atoms with Crippen LogP contribution in [0, 0.1) is 13.8 Å². The predicted octanol–water partition coefficient (Wildman–Crippen LogP) is 4.72. The van der Waals surface area contributed by atoms with Crippen LogP contribution >= 0.6 is 0 Å². The minimum absolute atomic E-state index is 0.357. The van der Waals surface area contributed by atoms with Crippen molar-refractivity contribution in [1.82, 2.24) is 5.32 Å². The maximum absolute atomic E-state index is 3.67. The number of rotatable bonds is 4. The first-order valence-corrected chi connectivity index (χ1v) is 6.96. The molecule has 100 valence electrons. The van der Waals surface area contributed by atoms with Gasteiger partial charge in [-0.25, -0.2) is 0 Å². The lowest BCUT2D eigenvalue weighted by Crippen LogP contribution is -2.23. The quantitative estimate of drug-likeness (QED) is 0.831. The van der Waals surface area contributed by atoms with Crippen molar-refractivity contribution in [3.8, 4) is 0 Å². The SMILES string of the molecule is Cc1ccc(C(C)N[C@@H](C)c2ccccc2C)cc1. The molecular weight excluding hydrogens is 230 g/mol. The lowest BCUT2D eigenvalue weighted by Gasteiger charge is -2.22. The molecule has 0 spiro atoms. The number of aryl methyl sites for hydroxylation is 2. The summed E-state index contributed by atoms with van der Waals surface area (Å²) < 4.78 is 0. The molecule has 0 aliphatic carbocycles. The zero-order valence-corrected chi connectivity index (χ0v) is 12.3. The zero-order valence-electron chi connectivity index (χ0n) is 12.3. The van der Waals surface area contributed by atoms with E-state index in [0.29, 0.717) is 12.1 Å². The van der Waals surface area contributed by atoms with Crippen LogP contribution in [0.5, 0.6) is 0 Å². The molecule has 0 aliphatic rings. The van der Waals surface area contributed by atoms with Crippen LogP contribution < -0.4 is 5.32 Å². The Labute approximate surface area is 116 Å². The van der Waals surface area contributed by atoms with Gasteiger partial charge in [0.15, 0.2) is 0 Å². The van der Waals surface area contributed by atoms with Crippen LogP contribution in [0.3, 0.4) is 0 Å². The number of hydrogen-bond donors (Lipinski definition) is 1. The molecule has 2 atom stereocenters. The molecule has 1 unspecified atom stereocenters. The van der Waals surface area contributed by atoms with E-state index in [4.69, 9.17) is 0 Å². The predicted molar refractivity (Wildman–Crippen MR) is 82.3 cm³/mol. The standard InChI is InChI=1S/C18H23N/c1-13-9-11-17(12-10-13)15(3)19-16(4)18-8-6-5-7-14(18)2/h5-12,15-16,19H,1-4H3/t15?,16-/m0/s1. The third kappa shape index (κ3) is 3.45. The van der Waals surface area contributed by atoms with E-state index < -0.39 is 0 Å². The Balaban J connectivity index is 2.08. The molecule has 0 bridgehead atoms. The third-order valence-electron chi connectivity index (χ3n) is 3.73. The van der Waals surface area contributed by atoms with E-state index in [2.05, 4.69) is 81.5 Å². The minimum Gasteiger partial charge on any atom is -0.304 e. The van der Waals surface area contributed by atoms with Gasteiger partial charge in [0.2, 0.25) is 0 Å². The summed E-state index contributed by atoms with van der Waals surface area (Å²) in [5.41, 5.74) is 5.37. The molecule has 2 aromatic carbocycles. The van der Waals surface area contributed by atoms with Crippen molar-refractivity contribution >= 4 is 0 Å². The Kier molecular flexibility index (Phi) is 4.39. The van der Waals surface area contributed by atoms with E-state index in [1.165, 1.54) is 22.3 Å². The summed E-state index contributed by atoms with van der Waals surface area (Å²) in [5, 5.41) is 3.67. The second-order valence-electron chi connectivity index (χ2n) is 5.38. The lowest BCUT2D eigenvalue weighted by molar-refractivity contribution is 0.493. The fourth-order valence-corrected chi connectivity index (χ4v) is 2.49. The average Bonchev–Trinajstić information content (AvgIpc) is 2.39. The molecule has 0 radical (unpaired) electrons. The van der Waals surface area contributed by atoms with Gasteiger partial charge in [-0.2, -0.15) is 0 Å². The highest BCUT2D eigenvalue weighted by Crippen LogP contribution is 2.21. The smallest absolute Gasteiger partial charge is 0.0300 e. The van der Waals surface area contributed by atoms with Crippen LogP contribution in [0.2, 0.25) is 0 Å². The van der Waals surface area contributed by atoms with E-state index in [9.17, 15) is 0 Å². The van der Waals surface area contributed by atoms with Gasteiger partial charge in [-0.1, -0.05) is 54.1 Å². The average molecular weight is 253 g/mol. The van der Waals surface area contributed by atoms with Crippen LogP contribution in [0.4, 0.5) is 0 Å². The molecule has 1 heteroatoms.